The number of amides is 2. The van der Waals surface area contributed by atoms with Crippen molar-refractivity contribution in [2.24, 2.45) is 0 Å². The summed E-state index contributed by atoms with van der Waals surface area (Å²) >= 11 is 0. The monoisotopic (exact) mass is 672 g/mol. The highest BCUT2D eigenvalue weighted by Gasteiger charge is 2.87. The van der Waals surface area contributed by atoms with Gasteiger partial charge in [-0.2, -0.15) is 48.3 Å². The lowest BCUT2D eigenvalue weighted by Gasteiger charge is -2.38. The number of carboxylic acids is 1. The summed E-state index contributed by atoms with van der Waals surface area (Å²) in [5.74, 6) is -31.3. The van der Waals surface area contributed by atoms with Crippen LogP contribution in [0.5, 0.6) is 5.75 Å². The Balaban J connectivity index is 2.28. The van der Waals surface area contributed by atoms with Crippen molar-refractivity contribution in [1.82, 2.24) is 4.90 Å². The molecule has 1 unspecified atom stereocenters. The molecule has 2 N–H and O–H groups in total. The molecular formula is C26H24F12N2O5. The second kappa shape index (κ2) is 14.0. The Morgan fingerprint density at radius 3 is 2.00 bits per heavy atom. The van der Waals surface area contributed by atoms with Gasteiger partial charge in [-0.25, -0.2) is 14.0 Å². The molecule has 2 aromatic rings. The SMILES string of the molecule is CCOC(Cc1ccc(OCCN(CC(F)(F)C(F)(F)C(F)(F)C(F)(F)C(F)(F)F)C(=O)Nc2cccc(F)c2)cc1)C(=O)O. The molecule has 0 aliphatic rings. The molecule has 0 bridgehead atoms. The molecular weight excluding hydrogens is 648 g/mol. The summed E-state index contributed by atoms with van der Waals surface area (Å²) in [7, 11) is 0. The highest BCUT2D eigenvalue weighted by atomic mass is 19.4. The van der Waals surface area contributed by atoms with Crippen LogP contribution in [0.2, 0.25) is 0 Å². The zero-order valence-electron chi connectivity index (χ0n) is 22.8. The zero-order valence-corrected chi connectivity index (χ0v) is 22.8. The van der Waals surface area contributed by atoms with Crippen LogP contribution in [0, 0.1) is 5.82 Å². The van der Waals surface area contributed by atoms with Gasteiger partial charge in [0.15, 0.2) is 6.10 Å². The van der Waals surface area contributed by atoms with Crippen molar-refractivity contribution < 1.29 is 76.9 Å². The number of rotatable bonds is 15. The first-order chi connectivity index (χ1) is 20.6. The summed E-state index contributed by atoms with van der Waals surface area (Å²) in [5, 5.41) is 10.9. The maximum atomic E-state index is 14.5. The summed E-state index contributed by atoms with van der Waals surface area (Å²) in [6.07, 6.45) is -8.64. The first-order valence-corrected chi connectivity index (χ1v) is 12.5. The highest BCUT2D eigenvalue weighted by molar-refractivity contribution is 5.89. The molecule has 45 heavy (non-hydrogen) atoms. The fourth-order valence-electron chi connectivity index (χ4n) is 3.59. The number of hydrogen-bond acceptors (Lipinski definition) is 4. The minimum absolute atomic E-state index is 0.0685. The second-order valence-electron chi connectivity index (χ2n) is 9.27. The Hall–Kier alpha value is -3.90. The van der Waals surface area contributed by atoms with E-state index in [1.54, 1.807) is 12.2 Å². The Morgan fingerprint density at radius 2 is 1.49 bits per heavy atom. The number of ether oxygens (including phenoxy) is 2. The largest absolute Gasteiger partial charge is 0.492 e. The number of urea groups is 1. The molecule has 19 heteroatoms. The van der Waals surface area contributed by atoms with E-state index in [0.717, 1.165) is 18.2 Å². The van der Waals surface area contributed by atoms with Crippen LogP contribution in [-0.4, -0.2) is 84.3 Å². The molecule has 0 radical (unpaired) electrons. The van der Waals surface area contributed by atoms with E-state index in [1.807, 2.05) is 0 Å². The van der Waals surface area contributed by atoms with Crippen LogP contribution in [0.4, 0.5) is 63.2 Å². The molecule has 0 fully saturated rings. The summed E-state index contributed by atoms with van der Waals surface area (Å²) in [4.78, 5) is 23.5. The van der Waals surface area contributed by atoms with Crippen molar-refractivity contribution in [2.75, 3.05) is 31.6 Å². The third-order valence-electron chi connectivity index (χ3n) is 5.97. The van der Waals surface area contributed by atoms with E-state index in [4.69, 9.17) is 14.6 Å². The topological polar surface area (TPSA) is 88.1 Å². The van der Waals surface area contributed by atoms with Crippen LogP contribution >= 0.6 is 0 Å². The predicted octanol–water partition coefficient (Wildman–Crippen LogP) is 6.87. The van der Waals surface area contributed by atoms with E-state index in [1.165, 1.54) is 24.3 Å². The van der Waals surface area contributed by atoms with E-state index in [0.29, 0.717) is 11.6 Å². The van der Waals surface area contributed by atoms with Gasteiger partial charge < -0.3 is 24.8 Å². The van der Waals surface area contributed by atoms with Crippen LogP contribution in [0.15, 0.2) is 48.5 Å². The Kier molecular flexibility index (Phi) is 11.6. The number of carbonyl (C=O) groups is 2. The summed E-state index contributed by atoms with van der Waals surface area (Å²) in [6.45, 7) is -3.19. The van der Waals surface area contributed by atoms with Crippen molar-refractivity contribution in [3.8, 4) is 5.75 Å². The standard InChI is InChI=1S/C26H24F12N2O5/c1-2-44-19(20(41)42)12-15-6-8-18(9-7-15)45-11-10-40(21(43)39-17-5-3-4-16(27)13-17)14-22(28,29)23(30,31)24(32,33)25(34,35)26(36,37)38/h3-9,13,19H,2,10-12,14H2,1H3,(H,39,43)(H,41,42). The molecule has 2 amide bonds. The van der Waals surface area contributed by atoms with Crippen molar-refractivity contribution in [3.63, 3.8) is 0 Å². The zero-order chi connectivity index (χ0) is 34.4. The molecule has 7 nitrogen and oxygen atoms in total. The number of halogens is 12. The maximum absolute atomic E-state index is 14.5. The van der Waals surface area contributed by atoms with Crippen molar-refractivity contribution in [3.05, 3.63) is 59.9 Å². The minimum atomic E-state index is -7.67. The molecule has 1 atom stereocenters. The number of carboxylic acid groups (broad SMARTS) is 1. The smallest absolute Gasteiger partial charge is 0.460 e. The van der Waals surface area contributed by atoms with E-state index < -0.39 is 79.2 Å². The third kappa shape index (κ3) is 8.64. The number of anilines is 1. The van der Waals surface area contributed by atoms with Crippen LogP contribution in [-0.2, 0) is 16.0 Å². The van der Waals surface area contributed by atoms with Gasteiger partial charge in [0.2, 0.25) is 0 Å². The van der Waals surface area contributed by atoms with E-state index >= 15 is 0 Å². The van der Waals surface area contributed by atoms with Gasteiger partial charge in [-0.3, -0.25) is 0 Å². The fourth-order valence-corrected chi connectivity index (χ4v) is 3.59. The Labute approximate surface area is 246 Å². The molecule has 0 saturated heterocycles. The first-order valence-electron chi connectivity index (χ1n) is 12.5. The highest BCUT2D eigenvalue weighted by Crippen LogP contribution is 2.57. The number of carbonyl (C=O) groups excluding carboxylic acids is 1. The number of aliphatic carboxylic acids is 1. The summed E-state index contributed by atoms with van der Waals surface area (Å²) in [6, 6.07) is 6.89. The molecule has 252 valence electrons. The van der Waals surface area contributed by atoms with E-state index in [9.17, 15) is 62.3 Å². The van der Waals surface area contributed by atoms with Crippen molar-refractivity contribution >= 4 is 17.7 Å². The van der Waals surface area contributed by atoms with Gasteiger partial charge in [0.05, 0.1) is 13.1 Å². The molecule has 0 spiro atoms. The first kappa shape index (κ1) is 37.3. The van der Waals surface area contributed by atoms with E-state index in [-0.39, 0.29) is 23.7 Å². The predicted molar refractivity (Wildman–Crippen MR) is 132 cm³/mol. The fraction of sp³-hybridized carbons (Fsp3) is 0.462. The second-order valence-corrected chi connectivity index (χ2v) is 9.27. The number of nitrogens with one attached hydrogen (secondary N) is 1. The number of alkyl halides is 11. The quantitative estimate of drug-likeness (QED) is 0.202. The van der Waals surface area contributed by atoms with Gasteiger partial charge >= 0.3 is 41.9 Å². The normalized spacial score (nSPS) is 13.7. The average molecular weight is 672 g/mol. The Bertz CT molecular complexity index is 1310. The lowest BCUT2D eigenvalue weighted by atomic mass is 9.97. The maximum Gasteiger partial charge on any atom is 0.460 e. The molecule has 0 heterocycles. The molecule has 0 aliphatic heterocycles. The van der Waals surface area contributed by atoms with Gasteiger partial charge in [0, 0.05) is 18.7 Å². The number of benzene rings is 2. The molecule has 2 aromatic carbocycles. The molecule has 0 aliphatic carbocycles. The van der Waals surface area contributed by atoms with Gasteiger partial charge in [0.1, 0.15) is 18.2 Å². The van der Waals surface area contributed by atoms with Gasteiger partial charge in [-0.1, -0.05) is 18.2 Å². The number of nitrogens with zero attached hydrogens (tertiary/aromatic N) is 1. The molecule has 2 rings (SSSR count). The summed E-state index contributed by atoms with van der Waals surface area (Å²) in [5.41, 5.74) is -0.0324. The summed E-state index contributed by atoms with van der Waals surface area (Å²) < 4.78 is 172. The Morgan fingerprint density at radius 1 is 0.889 bits per heavy atom. The van der Waals surface area contributed by atoms with Crippen molar-refractivity contribution in [2.45, 2.75) is 49.3 Å². The average Bonchev–Trinajstić information content (AvgIpc) is 2.92. The van der Waals surface area contributed by atoms with Gasteiger partial charge in [0.25, 0.3) is 0 Å². The van der Waals surface area contributed by atoms with E-state index in [2.05, 4.69) is 0 Å². The van der Waals surface area contributed by atoms with Crippen LogP contribution in [0.1, 0.15) is 12.5 Å². The van der Waals surface area contributed by atoms with Gasteiger partial charge in [-0.05, 0) is 42.8 Å². The van der Waals surface area contributed by atoms with Crippen LogP contribution < -0.4 is 10.1 Å². The number of hydrogen-bond donors (Lipinski definition) is 2. The van der Waals surface area contributed by atoms with Crippen molar-refractivity contribution in [1.29, 1.82) is 0 Å². The molecule has 0 aromatic heterocycles. The van der Waals surface area contributed by atoms with Crippen LogP contribution in [0.3, 0.4) is 0 Å². The molecule has 0 saturated carbocycles. The van der Waals surface area contributed by atoms with Crippen LogP contribution in [0.25, 0.3) is 0 Å². The lowest BCUT2D eigenvalue weighted by Crippen LogP contribution is -2.68. The lowest BCUT2D eigenvalue weighted by molar-refractivity contribution is -0.422. The third-order valence-corrected chi connectivity index (χ3v) is 5.97. The minimum Gasteiger partial charge on any atom is -0.492 e. The van der Waals surface area contributed by atoms with Gasteiger partial charge in [-0.15, -0.1) is 0 Å².